The lowest BCUT2D eigenvalue weighted by Crippen LogP contribution is -2.25. The van der Waals surface area contributed by atoms with Crippen LogP contribution in [0, 0.1) is 11.6 Å². The minimum absolute atomic E-state index is 0.340. The molecule has 0 unspecified atom stereocenters. The van der Waals surface area contributed by atoms with Crippen molar-refractivity contribution in [3.63, 3.8) is 0 Å². The van der Waals surface area contributed by atoms with Gasteiger partial charge in [0.05, 0.1) is 10.6 Å². The normalized spacial score (nSPS) is 10.8. The molecule has 0 spiro atoms. The molecule has 5 heteroatoms. The van der Waals surface area contributed by atoms with Crippen molar-refractivity contribution >= 4 is 17.5 Å². The average molecular weight is 260 g/mol. The molecule has 0 radical (unpaired) electrons. The number of benzene rings is 1. The van der Waals surface area contributed by atoms with E-state index in [1.54, 1.807) is 0 Å². The molecule has 17 heavy (non-hydrogen) atoms. The molecular weight excluding hydrogens is 248 g/mol. The standard InChI is InChI=1S/C12H12ClF2NO/c1-2-3-4-5-16-12(17)8-6-11(15)9(13)7-10(8)14/h2-3,6-7H,4-5H2,1H3,(H,16,17)/b3-2+. The maximum atomic E-state index is 13.3. The summed E-state index contributed by atoms with van der Waals surface area (Å²) in [4.78, 5) is 11.5. The molecule has 1 rings (SSSR count). The molecule has 1 aromatic rings. The third-order valence-corrected chi connectivity index (χ3v) is 2.38. The summed E-state index contributed by atoms with van der Waals surface area (Å²) in [6.45, 7) is 2.23. The molecular formula is C12H12ClF2NO. The third kappa shape index (κ3) is 3.82. The van der Waals surface area contributed by atoms with Crippen LogP contribution in [0.3, 0.4) is 0 Å². The number of allylic oxidation sites excluding steroid dienone is 1. The molecule has 0 saturated heterocycles. The molecule has 0 heterocycles. The van der Waals surface area contributed by atoms with Crippen LogP contribution in [0.5, 0.6) is 0 Å². The molecule has 0 atom stereocenters. The van der Waals surface area contributed by atoms with E-state index in [4.69, 9.17) is 11.6 Å². The van der Waals surface area contributed by atoms with Gasteiger partial charge in [-0.05, 0) is 25.5 Å². The van der Waals surface area contributed by atoms with Gasteiger partial charge in [0, 0.05) is 6.54 Å². The van der Waals surface area contributed by atoms with Crippen LogP contribution in [-0.2, 0) is 0 Å². The van der Waals surface area contributed by atoms with Gasteiger partial charge >= 0.3 is 0 Å². The van der Waals surface area contributed by atoms with Crippen LogP contribution < -0.4 is 5.32 Å². The number of carbonyl (C=O) groups excluding carboxylic acids is 1. The first-order chi connectivity index (χ1) is 8.06. The molecule has 1 aromatic carbocycles. The van der Waals surface area contributed by atoms with Crippen LogP contribution in [0.15, 0.2) is 24.3 Å². The maximum Gasteiger partial charge on any atom is 0.254 e. The molecule has 0 aliphatic rings. The lowest BCUT2D eigenvalue weighted by Gasteiger charge is -2.05. The Morgan fingerprint density at radius 1 is 1.41 bits per heavy atom. The van der Waals surface area contributed by atoms with Crippen molar-refractivity contribution in [2.45, 2.75) is 13.3 Å². The van der Waals surface area contributed by atoms with Crippen molar-refractivity contribution in [1.29, 1.82) is 0 Å². The molecule has 0 saturated carbocycles. The van der Waals surface area contributed by atoms with E-state index in [9.17, 15) is 13.6 Å². The molecule has 1 amide bonds. The minimum atomic E-state index is -0.833. The molecule has 0 aliphatic carbocycles. The number of carbonyl (C=O) groups is 1. The number of hydrogen-bond donors (Lipinski definition) is 1. The molecule has 92 valence electrons. The van der Waals surface area contributed by atoms with E-state index in [0.29, 0.717) is 13.0 Å². The van der Waals surface area contributed by atoms with E-state index in [2.05, 4.69) is 5.32 Å². The molecule has 0 fully saturated rings. The van der Waals surface area contributed by atoms with E-state index in [1.807, 2.05) is 19.1 Å². The van der Waals surface area contributed by atoms with Gasteiger partial charge in [-0.15, -0.1) is 0 Å². The highest BCUT2D eigenvalue weighted by molar-refractivity contribution is 6.30. The number of amides is 1. The van der Waals surface area contributed by atoms with E-state index in [-0.39, 0.29) is 10.6 Å². The Labute approximate surface area is 103 Å². The van der Waals surface area contributed by atoms with Crippen LogP contribution in [-0.4, -0.2) is 12.5 Å². The quantitative estimate of drug-likeness (QED) is 0.502. The smallest absolute Gasteiger partial charge is 0.254 e. The number of hydrogen-bond acceptors (Lipinski definition) is 1. The van der Waals surface area contributed by atoms with Crippen molar-refractivity contribution in [3.05, 3.63) is 46.5 Å². The predicted octanol–water partition coefficient (Wildman–Crippen LogP) is 3.31. The van der Waals surface area contributed by atoms with Crippen molar-refractivity contribution in [3.8, 4) is 0 Å². The Bertz CT molecular complexity index is 446. The Morgan fingerprint density at radius 3 is 2.76 bits per heavy atom. The second kappa shape index (κ2) is 6.35. The Hall–Kier alpha value is -1.42. The zero-order chi connectivity index (χ0) is 12.8. The van der Waals surface area contributed by atoms with E-state index >= 15 is 0 Å². The van der Waals surface area contributed by atoms with Gasteiger partial charge in [0.15, 0.2) is 0 Å². The first-order valence-electron chi connectivity index (χ1n) is 5.10. The first kappa shape index (κ1) is 13.6. The number of rotatable bonds is 4. The first-order valence-corrected chi connectivity index (χ1v) is 5.48. The second-order valence-electron chi connectivity index (χ2n) is 3.36. The summed E-state index contributed by atoms with van der Waals surface area (Å²) in [7, 11) is 0. The third-order valence-electron chi connectivity index (χ3n) is 2.09. The molecule has 0 aliphatic heterocycles. The fourth-order valence-electron chi connectivity index (χ4n) is 1.23. The van der Waals surface area contributed by atoms with Crippen LogP contribution in [0.25, 0.3) is 0 Å². The number of halogens is 3. The van der Waals surface area contributed by atoms with Crippen molar-refractivity contribution in [2.75, 3.05) is 6.54 Å². The summed E-state index contributed by atoms with van der Waals surface area (Å²) in [5.41, 5.74) is -0.340. The summed E-state index contributed by atoms with van der Waals surface area (Å²) >= 11 is 5.38. The summed E-state index contributed by atoms with van der Waals surface area (Å²) in [5.74, 6) is -2.30. The van der Waals surface area contributed by atoms with Gasteiger partial charge < -0.3 is 5.32 Å². The second-order valence-corrected chi connectivity index (χ2v) is 3.77. The molecule has 0 aromatic heterocycles. The maximum absolute atomic E-state index is 13.3. The lowest BCUT2D eigenvalue weighted by atomic mass is 10.2. The van der Waals surface area contributed by atoms with Gasteiger partial charge in [-0.25, -0.2) is 8.78 Å². The predicted molar refractivity (Wildman–Crippen MR) is 63.1 cm³/mol. The largest absolute Gasteiger partial charge is 0.352 e. The van der Waals surface area contributed by atoms with Crippen molar-refractivity contribution < 1.29 is 13.6 Å². The Morgan fingerprint density at radius 2 is 2.12 bits per heavy atom. The Kier molecular flexibility index (Phi) is 5.10. The van der Waals surface area contributed by atoms with Gasteiger partial charge in [-0.3, -0.25) is 4.79 Å². The van der Waals surface area contributed by atoms with E-state index in [0.717, 1.165) is 12.1 Å². The van der Waals surface area contributed by atoms with Gasteiger partial charge in [0.25, 0.3) is 5.91 Å². The van der Waals surface area contributed by atoms with Crippen molar-refractivity contribution in [1.82, 2.24) is 5.32 Å². The van der Waals surface area contributed by atoms with Gasteiger partial charge in [-0.1, -0.05) is 23.8 Å². The monoisotopic (exact) mass is 259 g/mol. The minimum Gasteiger partial charge on any atom is -0.352 e. The van der Waals surface area contributed by atoms with Crippen LogP contribution in [0.1, 0.15) is 23.7 Å². The van der Waals surface area contributed by atoms with E-state index in [1.165, 1.54) is 0 Å². The summed E-state index contributed by atoms with van der Waals surface area (Å²) < 4.78 is 26.4. The van der Waals surface area contributed by atoms with Crippen LogP contribution in [0.2, 0.25) is 5.02 Å². The zero-order valence-corrected chi connectivity index (χ0v) is 10.0. The lowest BCUT2D eigenvalue weighted by molar-refractivity contribution is 0.0950. The zero-order valence-electron chi connectivity index (χ0n) is 9.27. The highest BCUT2D eigenvalue weighted by Crippen LogP contribution is 2.19. The Balaban J connectivity index is 2.72. The van der Waals surface area contributed by atoms with Gasteiger partial charge in [-0.2, -0.15) is 0 Å². The van der Waals surface area contributed by atoms with Crippen LogP contribution in [0.4, 0.5) is 8.78 Å². The highest BCUT2D eigenvalue weighted by Gasteiger charge is 2.14. The fraction of sp³-hybridized carbons (Fsp3) is 0.250. The SMILES string of the molecule is C/C=C/CCNC(=O)c1cc(F)c(Cl)cc1F. The molecule has 0 bridgehead atoms. The van der Waals surface area contributed by atoms with Crippen LogP contribution >= 0.6 is 11.6 Å². The summed E-state index contributed by atoms with van der Waals surface area (Å²) in [5, 5.41) is 2.14. The molecule has 1 N–H and O–H groups in total. The van der Waals surface area contributed by atoms with Gasteiger partial charge in [0.1, 0.15) is 11.6 Å². The topological polar surface area (TPSA) is 29.1 Å². The summed E-state index contributed by atoms with van der Waals surface area (Å²) in [6, 6.07) is 1.58. The van der Waals surface area contributed by atoms with E-state index < -0.39 is 17.5 Å². The average Bonchev–Trinajstić information content (AvgIpc) is 2.29. The van der Waals surface area contributed by atoms with Gasteiger partial charge in [0.2, 0.25) is 0 Å². The molecule has 2 nitrogen and oxygen atoms in total. The fourth-order valence-corrected chi connectivity index (χ4v) is 1.38. The number of nitrogens with one attached hydrogen (secondary N) is 1. The summed E-state index contributed by atoms with van der Waals surface area (Å²) in [6.07, 6.45) is 4.34. The van der Waals surface area contributed by atoms with Crippen molar-refractivity contribution in [2.24, 2.45) is 0 Å². The highest BCUT2D eigenvalue weighted by atomic mass is 35.5.